The number of hydrogen-bond donors (Lipinski definition) is 1. The molecule has 3 aromatic rings. The summed E-state index contributed by atoms with van der Waals surface area (Å²) in [5, 5.41) is 4.11. The van der Waals surface area contributed by atoms with E-state index >= 15 is 0 Å². The van der Waals surface area contributed by atoms with Gasteiger partial charge in [-0.2, -0.15) is 4.98 Å². The first-order valence-electron chi connectivity index (χ1n) is 13.1. The van der Waals surface area contributed by atoms with E-state index in [0.717, 1.165) is 43.7 Å². The second-order valence-corrected chi connectivity index (χ2v) is 10.2. The van der Waals surface area contributed by atoms with Crippen LogP contribution in [0.15, 0.2) is 60.0 Å². The third-order valence-corrected chi connectivity index (χ3v) is 7.46. The van der Waals surface area contributed by atoms with Crippen LogP contribution in [0.5, 0.6) is 0 Å². The number of carbonyl (C=O) groups excluding carboxylic acids is 1. The molecule has 0 atom stereocenters. The zero-order valence-corrected chi connectivity index (χ0v) is 21.6. The first kappa shape index (κ1) is 25.0. The number of aryl methyl sites for hydroxylation is 1. The van der Waals surface area contributed by atoms with Gasteiger partial charge in [0.05, 0.1) is 0 Å². The van der Waals surface area contributed by atoms with Gasteiger partial charge in [0.25, 0.3) is 5.56 Å². The fourth-order valence-corrected chi connectivity index (χ4v) is 5.10. The SMILES string of the molecule is C=CC(=O)N1CC(CCn2c(=O)ccc3cnc(Nc4ccc(N5CCN(C(C)C)CC5)cc4)nc32)C1. The van der Waals surface area contributed by atoms with E-state index in [1.807, 2.05) is 12.1 Å². The van der Waals surface area contributed by atoms with Crippen LogP contribution in [0.3, 0.4) is 0 Å². The van der Waals surface area contributed by atoms with E-state index in [1.54, 1.807) is 27.8 Å². The smallest absolute Gasteiger partial charge is 0.252 e. The van der Waals surface area contributed by atoms with Crippen molar-refractivity contribution in [3.63, 3.8) is 0 Å². The predicted octanol–water partition coefficient (Wildman–Crippen LogP) is 3.10. The molecule has 9 heteroatoms. The van der Waals surface area contributed by atoms with E-state index in [0.29, 0.717) is 43.2 Å². The number of hydrogen-bond acceptors (Lipinski definition) is 7. The van der Waals surface area contributed by atoms with Crippen LogP contribution in [0.2, 0.25) is 0 Å². The quantitative estimate of drug-likeness (QED) is 0.475. The van der Waals surface area contributed by atoms with Crippen molar-refractivity contribution in [2.75, 3.05) is 49.5 Å². The summed E-state index contributed by atoms with van der Waals surface area (Å²) >= 11 is 0. The summed E-state index contributed by atoms with van der Waals surface area (Å²) in [5.74, 6) is 0.790. The molecule has 2 saturated heterocycles. The van der Waals surface area contributed by atoms with Crippen LogP contribution in [0, 0.1) is 5.92 Å². The number of rotatable bonds is 8. The molecule has 0 radical (unpaired) electrons. The second-order valence-electron chi connectivity index (χ2n) is 10.2. The van der Waals surface area contributed by atoms with Crippen molar-refractivity contribution < 1.29 is 4.79 Å². The van der Waals surface area contributed by atoms with Gasteiger partial charge < -0.3 is 15.1 Å². The van der Waals surface area contributed by atoms with E-state index in [4.69, 9.17) is 4.98 Å². The van der Waals surface area contributed by atoms with Crippen molar-refractivity contribution >= 4 is 34.3 Å². The number of pyridine rings is 1. The summed E-state index contributed by atoms with van der Waals surface area (Å²) in [6.07, 6.45) is 3.90. The molecular formula is C28H35N7O2. The number of aromatic nitrogens is 3. The summed E-state index contributed by atoms with van der Waals surface area (Å²) in [6, 6.07) is 12.3. The maximum absolute atomic E-state index is 12.7. The fourth-order valence-electron chi connectivity index (χ4n) is 5.10. The van der Waals surface area contributed by atoms with Crippen molar-refractivity contribution in [1.82, 2.24) is 24.3 Å². The molecule has 37 heavy (non-hydrogen) atoms. The van der Waals surface area contributed by atoms with E-state index in [9.17, 15) is 9.59 Å². The minimum Gasteiger partial charge on any atom is -0.369 e. The van der Waals surface area contributed by atoms with Crippen LogP contribution in [0.4, 0.5) is 17.3 Å². The van der Waals surface area contributed by atoms with Crippen molar-refractivity contribution in [3.8, 4) is 0 Å². The highest BCUT2D eigenvalue weighted by molar-refractivity contribution is 5.87. The third kappa shape index (κ3) is 5.51. The lowest BCUT2D eigenvalue weighted by atomic mass is 9.96. The zero-order chi connectivity index (χ0) is 25.9. The summed E-state index contributed by atoms with van der Waals surface area (Å²) < 4.78 is 1.71. The first-order chi connectivity index (χ1) is 17.9. The molecule has 9 nitrogen and oxygen atoms in total. The van der Waals surface area contributed by atoms with Gasteiger partial charge in [-0.05, 0) is 62.6 Å². The summed E-state index contributed by atoms with van der Waals surface area (Å²) in [6.45, 7) is 14.2. The number of benzene rings is 1. The second kappa shape index (κ2) is 10.7. The Morgan fingerprint density at radius 1 is 1.11 bits per heavy atom. The monoisotopic (exact) mass is 501 g/mol. The van der Waals surface area contributed by atoms with Crippen molar-refractivity contribution in [1.29, 1.82) is 0 Å². The van der Waals surface area contributed by atoms with Gasteiger partial charge in [0.15, 0.2) is 0 Å². The lowest BCUT2D eigenvalue weighted by Gasteiger charge is -2.38. The molecule has 0 saturated carbocycles. The number of carbonyl (C=O) groups is 1. The average Bonchev–Trinajstić information content (AvgIpc) is 2.89. The molecule has 4 heterocycles. The van der Waals surface area contributed by atoms with E-state index < -0.39 is 0 Å². The maximum atomic E-state index is 12.7. The topological polar surface area (TPSA) is 86.6 Å². The molecule has 2 aromatic heterocycles. The number of likely N-dealkylation sites (tertiary alicyclic amines) is 1. The molecule has 2 aliphatic heterocycles. The van der Waals surface area contributed by atoms with Crippen LogP contribution in [-0.4, -0.2) is 75.6 Å². The molecule has 194 valence electrons. The Hall–Kier alpha value is -3.72. The normalized spacial score (nSPS) is 16.7. The maximum Gasteiger partial charge on any atom is 0.252 e. The molecule has 1 amide bonds. The Morgan fingerprint density at radius 3 is 2.51 bits per heavy atom. The van der Waals surface area contributed by atoms with Gasteiger partial charge in [-0.1, -0.05) is 6.58 Å². The third-order valence-electron chi connectivity index (χ3n) is 7.46. The minimum absolute atomic E-state index is 0.0382. The van der Waals surface area contributed by atoms with Gasteiger partial charge in [-0.15, -0.1) is 0 Å². The van der Waals surface area contributed by atoms with Crippen molar-refractivity contribution in [2.24, 2.45) is 5.92 Å². The lowest BCUT2D eigenvalue weighted by Crippen LogP contribution is -2.49. The summed E-state index contributed by atoms with van der Waals surface area (Å²) in [5.41, 5.74) is 2.64. The zero-order valence-electron chi connectivity index (χ0n) is 21.6. The molecule has 2 aliphatic rings. The Kier molecular flexibility index (Phi) is 7.23. The van der Waals surface area contributed by atoms with Crippen LogP contribution in [-0.2, 0) is 11.3 Å². The molecule has 5 rings (SSSR count). The summed E-state index contributed by atoms with van der Waals surface area (Å²) in [4.78, 5) is 40.2. The largest absolute Gasteiger partial charge is 0.369 e. The fraction of sp³-hybridized carbons (Fsp3) is 0.429. The molecule has 1 aromatic carbocycles. The van der Waals surface area contributed by atoms with E-state index in [-0.39, 0.29) is 11.5 Å². The van der Waals surface area contributed by atoms with E-state index in [1.165, 1.54) is 11.8 Å². The van der Waals surface area contributed by atoms with E-state index in [2.05, 4.69) is 52.7 Å². The van der Waals surface area contributed by atoms with Gasteiger partial charge in [-0.25, -0.2) is 4.98 Å². The van der Waals surface area contributed by atoms with Crippen LogP contribution < -0.4 is 15.8 Å². The first-order valence-corrected chi connectivity index (χ1v) is 13.1. The molecule has 0 bridgehead atoms. The van der Waals surface area contributed by atoms with Crippen LogP contribution in [0.25, 0.3) is 11.0 Å². The highest BCUT2D eigenvalue weighted by atomic mass is 16.2. The molecule has 0 unspecified atom stereocenters. The average molecular weight is 502 g/mol. The highest BCUT2D eigenvalue weighted by Crippen LogP contribution is 2.23. The number of piperazine rings is 1. The van der Waals surface area contributed by atoms with Crippen molar-refractivity contribution in [2.45, 2.75) is 32.9 Å². The number of nitrogens with one attached hydrogen (secondary N) is 1. The van der Waals surface area contributed by atoms with Gasteiger partial charge in [0.1, 0.15) is 5.65 Å². The van der Waals surface area contributed by atoms with Crippen molar-refractivity contribution in [3.05, 3.63) is 65.6 Å². The summed E-state index contributed by atoms with van der Waals surface area (Å²) in [7, 11) is 0. The number of amides is 1. The van der Waals surface area contributed by atoms with Gasteiger partial charge in [0.2, 0.25) is 11.9 Å². The number of anilines is 3. The predicted molar refractivity (Wildman–Crippen MR) is 147 cm³/mol. The molecule has 2 fully saturated rings. The standard InChI is InChI=1S/C28H35N7O2/c1-4-25(36)34-18-21(19-34)11-12-35-26(37)10-5-22-17-29-28(31-27(22)35)30-23-6-8-24(9-7-23)33-15-13-32(14-16-33)20(2)3/h4-10,17,20-21H,1,11-16,18-19H2,2-3H3,(H,29,30,31). The van der Waals surface area contributed by atoms with Gasteiger partial charge in [-0.3, -0.25) is 19.1 Å². The van der Waals surface area contributed by atoms with Crippen LogP contribution >= 0.6 is 0 Å². The molecule has 0 aliphatic carbocycles. The number of fused-ring (bicyclic) bond motifs is 1. The van der Waals surface area contributed by atoms with Gasteiger partial charge >= 0.3 is 0 Å². The van der Waals surface area contributed by atoms with Gasteiger partial charge in [0, 0.05) is 80.9 Å². The Balaban J connectivity index is 1.25. The lowest BCUT2D eigenvalue weighted by molar-refractivity contribution is -0.132. The highest BCUT2D eigenvalue weighted by Gasteiger charge is 2.29. The molecular weight excluding hydrogens is 466 g/mol. The van der Waals surface area contributed by atoms with Crippen LogP contribution in [0.1, 0.15) is 20.3 Å². The minimum atomic E-state index is -0.0857. The Bertz CT molecular complexity index is 1320. The molecule has 1 N–H and O–H groups in total. The molecule has 0 spiro atoms. The Labute approximate surface area is 217 Å². The number of nitrogens with zero attached hydrogens (tertiary/aromatic N) is 6. The Morgan fingerprint density at radius 2 is 1.84 bits per heavy atom.